The van der Waals surface area contributed by atoms with E-state index >= 15 is 0 Å². The van der Waals surface area contributed by atoms with Crippen LogP contribution in [0, 0.1) is 11.2 Å². The Kier molecular flexibility index (Phi) is 4.15. The maximum absolute atomic E-state index is 13.5. The van der Waals surface area contributed by atoms with Crippen molar-refractivity contribution in [2.45, 2.75) is 25.4 Å². The summed E-state index contributed by atoms with van der Waals surface area (Å²) in [6, 6.07) is 0. The zero-order valence-electron chi connectivity index (χ0n) is 11.6. The summed E-state index contributed by atoms with van der Waals surface area (Å²) < 4.78 is 19.5. The van der Waals surface area contributed by atoms with Crippen LogP contribution >= 0.6 is 0 Å². The lowest BCUT2D eigenvalue weighted by Crippen LogP contribution is -2.53. The molecular formula is C11H16FN5O5. The zero-order chi connectivity index (χ0) is 16.7. The summed E-state index contributed by atoms with van der Waals surface area (Å²) in [7, 11) is 0. The molecule has 2 heterocycles. The fourth-order valence-electron chi connectivity index (χ4n) is 2.40. The zero-order valence-corrected chi connectivity index (χ0v) is 11.6. The van der Waals surface area contributed by atoms with Gasteiger partial charge in [0.05, 0.1) is 12.8 Å². The fourth-order valence-corrected chi connectivity index (χ4v) is 2.40. The summed E-state index contributed by atoms with van der Waals surface area (Å²) in [4.78, 5) is 27.0. The third-order valence-corrected chi connectivity index (χ3v) is 3.85. The van der Waals surface area contributed by atoms with Crippen LogP contribution in [0.25, 0.3) is 0 Å². The summed E-state index contributed by atoms with van der Waals surface area (Å²) in [5, 5.41) is 19.7. The second-order valence-electron chi connectivity index (χ2n) is 5.06. The van der Waals surface area contributed by atoms with Crippen molar-refractivity contribution < 1.29 is 24.1 Å². The topological polar surface area (TPSA) is 166 Å². The summed E-state index contributed by atoms with van der Waals surface area (Å²) >= 11 is 0. The first-order valence-corrected chi connectivity index (χ1v) is 6.27. The molecule has 10 nitrogen and oxygen atoms in total. The lowest BCUT2D eigenvalue weighted by atomic mass is 9.79. The minimum absolute atomic E-state index is 0.602. The highest BCUT2D eigenvalue weighted by atomic mass is 19.1. The van der Waals surface area contributed by atoms with Crippen molar-refractivity contribution in [3.8, 4) is 0 Å². The monoisotopic (exact) mass is 317 g/mol. The molecule has 0 spiro atoms. The van der Waals surface area contributed by atoms with Gasteiger partial charge < -0.3 is 20.7 Å². The number of rotatable bonds is 3. The number of anilines is 1. The van der Waals surface area contributed by atoms with Gasteiger partial charge in [-0.25, -0.2) is 15.0 Å². The summed E-state index contributed by atoms with van der Waals surface area (Å²) in [5.41, 5.74) is 4.42. The van der Waals surface area contributed by atoms with Gasteiger partial charge in [0, 0.05) is 0 Å². The second kappa shape index (κ2) is 5.61. The molecule has 0 saturated carbocycles. The number of nitrogen functional groups attached to an aromatic ring is 1. The third kappa shape index (κ3) is 2.23. The summed E-state index contributed by atoms with van der Waals surface area (Å²) in [5.74, 6) is 2.67. The third-order valence-electron chi connectivity index (χ3n) is 3.85. The molecule has 1 aromatic rings. The number of nitrogens with zero attached hydrogens (tertiary/aromatic N) is 2. The van der Waals surface area contributed by atoms with E-state index in [1.165, 1.54) is 6.92 Å². The smallest absolute Gasteiger partial charge is 0.351 e. The van der Waals surface area contributed by atoms with E-state index in [4.69, 9.17) is 16.3 Å². The number of nitrogens with one attached hydrogen (secondary N) is 1. The highest BCUT2D eigenvalue weighted by Crippen LogP contribution is 2.43. The maximum Gasteiger partial charge on any atom is 0.351 e. The Balaban J connectivity index is 2.49. The largest absolute Gasteiger partial charge is 0.394 e. The van der Waals surface area contributed by atoms with Gasteiger partial charge in [0.1, 0.15) is 17.6 Å². The van der Waals surface area contributed by atoms with Crippen LogP contribution < -0.4 is 22.7 Å². The van der Waals surface area contributed by atoms with Crippen molar-refractivity contribution in [3.05, 3.63) is 22.5 Å². The normalized spacial score (nSPS) is 31.2. The molecule has 22 heavy (non-hydrogen) atoms. The highest BCUT2D eigenvalue weighted by Gasteiger charge is 2.58. The van der Waals surface area contributed by atoms with Crippen molar-refractivity contribution in [3.63, 3.8) is 0 Å². The number of ether oxygens (including phenoxy) is 1. The van der Waals surface area contributed by atoms with Crippen LogP contribution in [0.2, 0.25) is 0 Å². The molecule has 1 amide bonds. The minimum atomic E-state index is -1.65. The van der Waals surface area contributed by atoms with Crippen molar-refractivity contribution >= 4 is 11.7 Å². The number of amides is 1. The van der Waals surface area contributed by atoms with Crippen LogP contribution in [0.3, 0.4) is 0 Å². The number of carbonyl (C=O) groups is 1. The SMILES string of the molecule is C[C@@]1(C(=O)NN)C(O)[C@H](n2cc(F)c(N)nc2=O)O[C@@H]1CO. The second-order valence-corrected chi connectivity index (χ2v) is 5.06. The number of aliphatic hydroxyl groups excluding tert-OH is 2. The molecule has 1 aromatic heterocycles. The molecule has 1 fully saturated rings. The van der Waals surface area contributed by atoms with Gasteiger partial charge >= 0.3 is 5.69 Å². The Bertz CT molecular complexity index is 652. The van der Waals surface area contributed by atoms with Crippen LogP contribution in [-0.4, -0.2) is 44.5 Å². The van der Waals surface area contributed by atoms with Crippen LogP contribution in [-0.2, 0) is 9.53 Å². The first-order chi connectivity index (χ1) is 10.3. The number of aliphatic hydroxyl groups is 2. The van der Waals surface area contributed by atoms with Crippen LogP contribution in [0.1, 0.15) is 13.2 Å². The van der Waals surface area contributed by atoms with E-state index in [0.29, 0.717) is 10.8 Å². The molecule has 11 heteroatoms. The molecule has 1 unspecified atom stereocenters. The Labute approximate surface area is 123 Å². The Morgan fingerprint density at radius 1 is 1.68 bits per heavy atom. The molecular weight excluding hydrogens is 301 g/mol. The van der Waals surface area contributed by atoms with E-state index in [9.17, 15) is 24.2 Å². The van der Waals surface area contributed by atoms with E-state index in [1.54, 1.807) is 0 Å². The average Bonchev–Trinajstić information content (AvgIpc) is 2.75. The number of aromatic nitrogens is 2. The van der Waals surface area contributed by atoms with Gasteiger partial charge in [-0.3, -0.25) is 14.8 Å². The van der Waals surface area contributed by atoms with Crippen LogP contribution in [0.4, 0.5) is 10.2 Å². The molecule has 0 radical (unpaired) electrons. The van der Waals surface area contributed by atoms with Crippen molar-refractivity contribution in [2.75, 3.05) is 12.3 Å². The van der Waals surface area contributed by atoms with Gasteiger partial charge in [-0.05, 0) is 6.92 Å². The Morgan fingerprint density at radius 2 is 2.32 bits per heavy atom. The number of hydrogen-bond donors (Lipinski definition) is 5. The fraction of sp³-hybridized carbons (Fsp3) is 0.545. The molecule has 1 aliphatic rings. The maximum atomic E-state index is 13.5. The summed E-state index contributed by atoms with van der Waals surface area (Å²) in [6.45, 7) is 0.671. The molecule has 0 aromatic carbocycles. The first-order valence-electron chi connectivity index (χ1n) is 6.27. The minimum Gasteiger partial charge on any atom is -0.394 e. The van der Waals surface area contributed by atoms with Crippen molar-refractivity contribution in [1.29, 1.82) is 0 Å². The van der Waals surface area contributed by atoms with Gasteiger partial charge in [0.2, 0.25) is 5.91 Å². The van der Waals surface area contributed by atoms with E-state index in [2.05, 4.69) is 4.98 Å². The molecule has 1 saturated heterocycles. The molecule has 4 atom stereocenters. The molecule has 1 aliphatic heterocycles. The van der Waals surface area contributed by atoms with Crippen LogP contribution in [0.15, 0.2) is 11.0 Å². The predicted molar refractivity (Wildman–Crippen MR) is 70.3 cm³/mol. The van der Waals surface area contributed by atoms with Crippen LogP contribution in [0.5, 0.6) is 0 Å². The molecule has 0 aliphatic carbocycles. The number of nitrogens with two attached hydrogens (primary N) is 2. The van der Waals surface area contributed by atoms with Gasteiger partial charge in [0.15, 0.2) is 17.9 Å². The van der Waals surface area contributed by atoms with E-state index in [-0.39, 0.29) is 0 Å². The molecule has 7 N–H and O–H groups in total. The molecule has 122 valence electrons. The van der Waals surface area contributed by atoms with Crippen molar-refractivity contribution in [1.82, 2.24) is 15.0 Å². The first kappa shape index (κ1) is 16.3. The Morgan fingerprint density at radius 3 is 2.86 bits per heavy atom. The predicted octanol–water partition coefficient (Wildman–Crippen LogP) is -2.79. The van der Waals surface area contributed by atoms with Gasteiger partial charge in [-0.2, -0.15) is 4.98 Å². The van der Waals surface area contributed by atoms with E-state index in [0.717, 1.165) is 0 Å². The Hall–Kier alpha value is -2.08. The lowest BCUT2D eigenvalue weighted by molar-refractivity contribution is -0.138. The van der Waals surface area contributed by atoms with E-state index < -0.39 is 53.7 Å². The number of hydrazine groups is 1. The number of hydrogen-bond acceptors (Lipinski definition) is 8. The lowest BCUT2D eigenvalue weighted by Gasteiger charge is -2.29. The molecule has 2 rings (SSSR count). The number of carbonyl (C=O) groups excluding carboxylic acids is 1. The quantitative estimate of drug-likeness (QED) is 0.227. The van der Waals surface area contributed by atoms with Gasteiger partial charge in [-0.1, -0.05) is 0 Å². The van der Waals surface area contributed by atoms with Gasteiger partial charge in [0.25, 0.3) is 0 Å². The number of halogens is 1. The highest BCUT2D eigenvalue weighted by molar-refractivity contribution is 5.83. The van der Waals surface area contributed by atoms with E-state index in [1.807, 2.05) is 5.43 Å². The summed E-state index contributed by atoms with van der Waals surface area (Å²) in [6.07, 6.45) is -3.48. The standard InChI is InChI=1S/C11H16FN5O5/c1-11(9(20)16-14)5(3-18)22-8(6(11)19)17-2-4(12)7(13)15-10(17)21/h2,5-6,8,18-19H,3,14H2,1H3,(H,16,20)(H2,13,15,21)/t5-,6?,8-,11+/m1/s1. The molecule has 0 bridgehead atoms. The van der Waals surface area contributed by atoms with Crippen molar-refractivity contribution in [2.24, 2.45) is 11.3 Å². The van der Waals surface area contributed by atoms with Gasteiger partial charge in [-0.15, -0.1) is 0 Å². The average molecular weight is 317 g/mol.